The normalized spacial score (nSPS) is 11.3. The average Bonchev–Trinajstić information content (AvgIpc) is 3.14. The third-order valence-corrected chi connectivity index (χ3v) is 4.30. The molecule has 11 heteroatoms. The first kappa shape index (κ1) is 21.9. The van der Waals surface area contributed by atoms with Gasteiger partial charge in [0.05, 0.1) is 25.5 Å². The van der Waals surface area contributed by atoms with Gasteiger partial charge in [0.15, 0.2) is 17.3 Å². The number of nitrogens with zero attached hydrogens (tertiary/aromatic N) is 2. The molecule has 0 aliphatic rings. The van der Waals surface area contributed by atoms with Crippen molar-refractivity contribution in [2.75, 3.05) is 14.2 Å². The van der Waals surface area contributed by atoms with Gasteiger partial charge in [-0.3, -0.25) is 0 Å². The molecule has 0 aliphatic carbocycles. The number of aromatic nitrogens is 2. The summed E-state index contributed by atoms with van der Waals surface area (Å²) in [6.45, 7) is 0. The Kier molecular flexibility index (Phi) is 5.78. The first-order chi connectivity index (χ1) is 14.6. The molecule has 0 radical (unpaired) electrons. The number of para-hydroxylation sites is 1. The second kappa shape index (κ2) is 8.17. The van der Waals surface area contributed by atoms with Crippen molar-refractivity contribution in [1.29, 1.82) is 0 Å². The van der Waals surface area contributed by atoms with Gasteiger partial charge in [-0.25, -0.2) is 23.1 Å². The zero-order chi connectivity index (χ0) is 22.9. The van der Waals surface area contributed by atoms with Crippen LogP contribution in [0.2, 0.25) is 0 Å². The maximum atomic E-state index is 14.7. The van der Waals surface area contributed by atoms with Crippen LogP contribution >= 0.6 is 0 Å². The summed E-state index contributed by atoms with van der Waals surface area (Å²) in [7, 11) is 1.99. The van der Waals surface area contributed by atoms with Crippen molar-refractivity contribution in [3.05, 3.63) is 70.9 Å². The molecule has 0 aliphatic heterocycles. The Hall–Kier alpha value is -3.76. The molecule has 3 rings (SSSR count). The fourth-order valence-electron chi connectivity index (χ4n) is 2.89. The molecule has 0 unspecified atom stereocenters. The molecule has 0 atom stereocenters. The number of rotatable bonds is 4. The number of halogens is 5. The van der Waals surface area contributed by atoms with Crippen molar-refractivity contribution < 1.29 is 41.0 Å². The highest BCUT2D eigenvalue weighted by atomic mass is 19.4. The standard InChI is InChI=1S/C20H13F5N2O4/c1-30-18(28)13-16(11-8-9-12(20(23,24)25)15(22)14(11)21)26-27(17(13)19(29)31-2)10-6-4-3-5-7-10/h3-9H,1-2H3. The molecule has 0 bridgehead atoms. The van der Waals surface area contributed by atoms with Crippen molar-refractivity contribution >= 4 is 11.9 Å². The van der Waals surface area contributed by atoms with Crippen LogP contribution in [0.25, 0.3) is 16.9 Å². The Labute approximate surface area is 171 Å². The second-order valence-corrected chi connectivity index (χ2v) is 6.09. The van der Waals surface area contributed by atoms with Gasteiger partial charge in [0.1, 0.15) is 11.3 Å². The van der Waals surface area contributed by atoms with Crippen molar-refractivity contribution in [3.63, 3.8) is 0 Å². The quantitative estimate of drug-likeness (QED) is 0.444. The first-order valence-corrected chi connectivity index (χ1v) is 8.52. The van der Waals surface area contributed by atoms with Gasteiger partial charge in [0.25, 0.3) is 0 Å². The fourth-order valence-corrected chi connectivity index (χ4v) is 2.89. The van der Waals surface area contributed by atoms with Crippen LogP contribution in [0.1, 0.15) is 26.4 Å². The summed E-state index contributed by atoms with van der Waals surface area (Å²) in [6.07, 6.45) is -5.14. The molecule has 1 aromatic heterocycles. The van der Waals surface area contributed by atoms with Gasteiger partial charge in [-0.1, -0.05) is 18.2 Å². The van der Waals surface area contributed by atoms with E-state index in [2.05, 4.69) is 14.6 Å². The van der Waals surface area contributed by atoms with E-state index in [1.54, 1.807) is 18.2 Å². The number of benzene rings is 2. The van der Waals surface area contributed by atoms with Crippen LogP contribution in [0.15, 0.2) is 42.5 Å². The van der Waals surface area contributed by atoms with Crippen molar-refractivity contribution in [2.45, 2.75) is 6.18 Å². The lowest BCUT2D eigenvalue weighted by Gasteiger charge is -2.10. The van der Waals surface area contributed by atoms with E-state index in [1.807, 2.05) is 0 Å². The van der Waals surface area contributed by atoms with Gasteiger partial charge in [0, 0.05) is 5.56 Å². The van der Waals surface area contributed by atoms with Crippen LogP contribution in [-0.2, 0) is 15.7 Å². The number of carbonyl (C=O) groups is 2. The third kappa shape index (κ3) is 3.86. The van der Waals surface area contributed by atoms with Crippen molar-refractivity contribution in [1.82, 2.24) is 9.78 Å². The molecular formula is C20H13F5N2O4. The number of hydrogen-bond donors (Lipinski definition) is 0. The monoisotopic (exact) mass is 440 g/mol. The Balaban J connectivity index is 2.38. The van der Waals surface area contributed by atoms with Gasteiger partial charge in [-0.2, -0.15) is 18.3 Å². The highest BCUT2D eigenvalue weighted by Gasteiger charge is 2.38. The Bertz CT molecular complexity index is 1160. The van der Waals surface area contributed by atoms with Crippen LogP contribution in [0.4, 0.5) is 22.0 Å². The molecule has 0 fully saturated rings. The summed E-state index contributed by atoms with van der Waals surface area (Å²) in [5, 5.41) is 4.01. The molecular weight excluding hydrogens is 427 g/mol. The minimum Gasteiger partial charge on any atom is -0.465 e. The predicted molar refractivity (Wildman–Crippen MR) is 96.6 cm³/mol. The topological polar surface area (TPSA) is 70.4 Å². The van der Waals surface area contributed by atoms with Gasteiger partial charge in [-0.15, -0.1) is 0 Å². The van der Waals surface area contributed by atoms with E-state index in [9.17, 15) is 31.5 Å². The molecule has 0 amide bonds. The van der Waals surface area contributed by atoms with E-state index < -0.39 is 57.8 Å². The van der Waals surface area contributed by atoms with Crippen molar-refractivity contribution in [3.8, 4) is 16.9 Å². The fraction of sp³-hybridized carbons (Fsp3) is 0.150. The van der Waals surface area contributed by atoms with Gasteiger partial charge in [-0.05, 0) is 24.3 Å². The lowest BCUT2D eigenvalue weighted by molar-refractivity contribution is -0.140. The molecule has 1 heterocycles. The first-order valence-electron chi connectivity index (χ1n) is 8.52. The Morgan fingerprint density at radius 3 is 2.06 bits per heavy atom. The molecule has 162 valence electrons. The number of esters is 2. The molecule has 2 aromatic carbocycles. The van der Waals surface area contributed by atoms with E-state index in [0.717, 1.165) is 18.9 Å². The van der Waals surface area contributed by atoms with Crippen LogP contribution in [0.3, 0.4) is 0 Å². The Morgan fingerprint density at radius 2 is 1.52 bits per heavy atom. The minimum atomic E-state index is -5.14. The molecule has 0 saturated heterocycles. The molecule has 0 N–H and O–H groups in total. The largest absolute Gasteiger partial charge is 0.465 e. The summed E-state index contributed by atoms with van der Waals surface area (Å²) >= 11 is 0. The minimum absolute atomic E-state index is 0.243. The van der Waals surface area contributed by atoms with Gasteiger partial charge >= 0.3 is 18.1 Å². The number of carbonyl (C=O) groups excluding carboxylic acids is 2. The van der Waals surface area contributed by atoms with Crippen LogP contribution in [0.5, 0.6) is 0 Å². The SMILES string of the molecule is COC(=O)c1c(-c2ccc(C(F)(F)F)c(F)c2F)nn(-c2ccccc2)c1C(=O)OC. The van der Waals surface area contributed by atoms with Gasteiger partial charge < -0.3 is 9.47 Å². The van der Waals surface area contributed by atoms with Crippen molar-refractivity contribution in [2.24, 2.45) is 0 Å². The van der Waals surface area contributed by atoms with Crippen LogP contribution in [-0.4, -0.2) is 35.9 Å². The average molecular weight is 440 g/mol. The number of ether oxygens (including phenoxy) is 2. The predicted octanol–water partition coefficient (Wildman–Crippen LogP) is 4.41. The zero-order valence-electron chi connectivity index (χ0n) is 16.0. The van der Waals surface area contributed by atoms with E-state index in [1.165, 1.54) is 12.1 Å². The Morgan fingerprint density at radius 1 is 0.903 bits per heavy atom. The summed E-state index contributed by atoms with van der Waals surface area (Å²) < 4.78 is 77.8. The summed E-state index contributed by atoms with van der Waals surface area (Å²) in [5.74, 6) is -6.28. The maximum absolute atomic E-state index is 14.7. The van der Waals surface area contributed by atoms with Crippen LogP contribution < -0.4 is 0 Å². The van der Waals surface area contributed by atoms with E-state index in [4.69, 9.17) is 0 Å². The molecule has 3 aromatic rings. The molecule has 0 saturated carbocycles. The van der Waals surface area contributed by atoms with E-state index >= 15 is 0 Å². The second-order valence-electron chi connectivity index (χ2n) is 6.09. The summed E-state index contributed by atoms with van der Waals surface area (Å²) in [5.41, 5.74) is -4.03. The summed E-state index contributed by atoms with van der Waals surface area (Å²) in [6, 6.07) is 8.72. The third-order valence-electron chi connectivity index (χ3n) is 4.30. The highest BCUT2D eigenvalue weighted by molar-refractivity contribution is 6.06. The molecule has 0 spiro atoms. The number of alkyl halides is 3. The lowest BCUT2D eigenvalue weighted by Crippen LogP contribution is -2.15. The maximum Gasteiger partial charge on any atom is 0.419 e. The van der Waals surface area contributed by atoms with E-state index in [0.29, 0.717) is 12.1 Å². The number of hydrogen-bond acceptors (Lipinski definition) is 5. The van der Waals surface area contributed by atoms with Gasteiger partial charge in [0.2, 0.25) is 0 Å². The van der Waals surface area contributed by atoms with Crippen LogP contribution in [0, 0.1) is 11.6 Å². The molecule has 6 nitrogen and oxygen atoms in total. The summed E-state index contributed by atoms with van der Waals surface area (Å²) in [4.78, 5) is 24.9. The number of methoxy groups -OCH3 is 2. The molecule has 31 heavy (non-hydrogen) atoms. The smallest absolute Gasteiger partial charge is 0.419 e. The van der Waals surface area contributed by atoms with E-state index in [-0.39, 0.29) is 5.69 Å². The highest BCUT2D eigenvalue weighted by Crippen LogP contribution is 2.37. The zero-order valence-corrected chi connectivity index (χ0v) is 16.0. The lowest BCUT2D eigenvalue weighted by atomic mass is 10.0.